The molecule has 3 fully saturated rings. The van der Waals surface area contributed by atoms with Crippen LogP contribution in [0.1, 0.15) is 43.7 Å². The van der Waals surface area contributed by atoms with E-state index in [9.17, 15) is 14.7 Å². The summed E-state index contributed by atoms with van der Waals surface area (Å²) in [5, 5.41) is 16.4. The molecule has 1 spiro atoms. The van der Waals surface area contributed by atoms with Crippen LogP contribution in [0, 0.1) is 11.2 Å². The number of amides is 2. The summed E-state index contributed by atoms with van der Waals surface area (Å²) in [5.74, 6) is -0.0822. The third-order valence-corrected chi connectivity index (χ3v) is 11.9. The molecule has 290 valence electrons. The highest BCUT2D eigenvalue weighted by Gasteiger charge is 2.44. The quantitative estimate of drug-likeness (QED) is 0.168. The molecule has 1 aromatic carbocycles. The summed E-state index contributed by atoms with van der Waals surface area (Å²) in [6.45, 7) is 6.58. The summed E-state index contributed by atoms with van der Waals surface area (Å²) in [6.07, 6.45) is 6.74. The molecule has 1 unspecified atom stereocenters. The smallest absolute Gasteiger partial charge is 0.248 e. The molecule has 0 aliphatic carbocycles. The van der Waals surface area contributed by atoms with Crippen LogP contribution in [0.4, 0.5) is 15.9 Å². The van der Waals surface area contributed by atoms with Gasteiger partial charge in [0.05, 0.1) is 34.2 Å². The number of carbonyl (C=O) groups is 2. The fourth-order valence-corrected chi connectivity index (χ4v) is 8.60. The summed E-state index contributed by atoms with van der Waals surface area (Å²) in [4.78, 5) is 43.4. The molecular weight excluding hydrogens is 746 g/mol. The maximum atomic E-state index is 15.7. The van der Waals surface area contributed by atoms with Crippen LogP contribution >= 0.6 is 23.2 Å². The molecule has 0 radical (unpaired) electrons. The van der Waals surface area contributed by atoms with Crippen molar-refractivity contribution >= 4 is 46.5 Å². The van der Waals surface area contributed by atoms with E-state index in [1.165, 1.54) is 0 Å². The van der Waals surface area contributed by atoms with Crippen LogP contribution in [-0.4, -0.2) is 106 Å². The van der Waals surface area contributed by atoms with Crippen molar-refractivity contribution in [2.24, 2.45) is 5.41 Å². The van der Waals surface area contributed by atoms with Crippen LogP contribution in [-0.2, 0) is 22.7 Å². The molecule has 15 heteroatoms. The Morgan fingerprint density at radius 2 is 1.73 bits per heavy atom. The highest BCUT2D eigenvalue weighted by molar-refractivity contribution is 6.39. The molecule has 6 heterocycles. The van der Waals surface area contributed by atoms with Crippen LogP contribution in [0.2, 0.25) is 10.0 Å². The average molecular weight is 792 g/mol. The Morgan fingerprint density at radius 1 is 0.945 bits per heavy atom. The maximum absolute atomic E-state index is 15.7. The highest BCUT2D eigenvalue weighted by atomic mass is 35.5. The first-order chi connectivity index (χ1) is 26.6. The van der Waals surface area contributed by atoms with E-state index in [-0.39, 0.29) is 29.1 Å². The molecule has 3 aliphatic heterocycles. The number of ether oxygens (including phenoxy) is 1. The summed E-state index contributed by atoms with van der Waals surface area (Å²) < 4.78 is 21.5. The third-order valence-electron chi connectivity index (χ3n) is 11.1. The van der Waals surface area contributed by atoms with E-state index < -0.39 is 12.4 Å². The van der Waals surface area contributed by atoms with Crippen molar-refractivity contribution in [3.63, 3.8) is 0 Å². The predicted molar refractivity (Wildman–Crippen MR) is 210 cm³/mol. The Bertz CT molecular complexity index is 2070. The summed E-state index contributed by atoms with van der Waals surface area (Å²) in [6, 6.07) is 12.9. The van der Waals surface area contributed by atoms with Crippen molar-refractivity contribution in [3.8, 4) is 28.4 Å². The number of aliphatic hydroxyl groups excluding tert-OH is 1. The summed E-state index contributed by atoms with van der Waals surface area (Å²) >= 11 is 14.0. The zero-order valence-electron chi connectivity index (χ0n) is 31.0. The number of halogens is 3. The molecule has 3 aromatic heterocycles. The molecule has 3 N–H and O–H groups in total. The zero-order valence-corrected chi connectivity index (χ0v) is 32.5. The number of methoxy groups -OCH3 is 1. The number of nitrogens with zero attached hydrogens (tertiary/aromatic N) is 6. The average Bonchev–Trinajstić information content (AvgIpc) is 3.81. The van der Waals surface area contributed by atoms with E-state index in [1.807, 2.05) is 17.0 Å². The second-order valence-corrected chi connectivity index (χ2v) is 15.4. The molecule has 3 aliphatic rings. The monoisotopic (exact) mass is 790 g/mol. The molecule has 1 atom stereocenters. The van der Waals surface area contributed by atoms with E-state index >= 15 is 4.39 Å². The Balaban J connectivity index is 1.05. The number of pyridine rings is 3. The largest absolute Gasteiger partial charge is 0.481 e. The van der Waals surface area contributed by atoms with Crippen molar-refractivity contribution in [1.82, 2.24) is 35.0 Å². The number of rotatable bonds is 11. The normalized spacial score (nSPS) is 19.0. The lowest BCUT2D eigenvalue weighted by atomic mass is 9.86. The van der Waals surface area contributed by atoms with E-state index in [2.05, 4.69) is 25.5 Å². The van der Waals surface area contributed by atoms with Gasteiger partial charge in [-0.3, -0.25) is 19.5 Å². The van der Waals surface area contributed by atoms with Gasteiger partial charge in [0, 0.05) is 98.8 Å². The topological polar surface area (TPSA) is 136 Å². The molecule has 2 amide bonds. The highest BCUT2D eigenvalue weighted by Crippen LogP contribution is 2.42. The van der Waals surface area contributed by atoms with Gasteiger partial charge in [0.2, 0.25) is 17.7 Å². The molecule has 55 heavy (non-hydrogen) atoms. The van der Waals surface area contributed by atoms with Gasteiger partial charge in [0.15, 0.2) is 11.6 Å². The first kappa shape index (κ1) is 38.9. The minimum absolute atomic E-state index is 0.0417. The molecule has 4 aromatic rings. The van der Waals surface area contributed by atoms with Crippen molar-refractivity contribution in [2.45, 2.75) is 51.7 Å². The van der Waals surface area contributed by atoms with Crippen LogP contribution in [0.15, 0.2) is 54.9 Å². The van der Waals surface area contributed by atoms with Crippen LogP contribution in [0.3, 0.4) is 0 Å². The third kappa shape index (κ3) is 8.41. The standard InChI is InChI=1S/C40H45Cl2FN8O4/c1-25(53)50-16-10-28(11-17-50)46-20-26-8-14-45-38(36(26)43)47-32-5-3-4-30(34(32)41)37-35(42)29(9-15-44-37)31-7-6-27(39(48-31)55-2)21-49-18-12-40(23-49)13-19-51(24-40)33(54)22-52/h3-9,14-15,28,46,52H,10-13,16-24H2,1-2H3,(H,45,47). The second kappa shape index (κ2) is 16.8. The lowest BCUT2D eigenvalue weighted by molar-refractivity contribution is -0.133. The van der Waals surface area contributed by atoms with Gasteiger partial charge in [-0.15, -0.1) is 0 Å². The first-order valence-corrected chi connectivity index (χ1v) is 19.3. The van der Waals surface area contributed by atoms with Gasteiger partial charge in [-0.1, -0.05) is 41.4 Å². The van der Waals surface area contributed by atoms with Gasteiger partial charge < -0.3 is 30.3 Å². The van der Waals surface area contributed by atoms with E-state index in [0.29, 0.717) is 89.0 Å². The van der Waals surface area contributed by atoms with Crippen molar-refractivity contribution in [3.05, 3.63) is 81.8 Å². The molecule has 12 nitrogen and oxygen atoms in total. The number of aliphatic hydroxyl groups is 1. The van der Waals surface area contributed by atoms with Gasteiger partial charge >= 0.3 is 0 Å². The Kier molecular flexibility index (Phi) is 11.8. The number of nitrogens with one attached hydrogen (secondary N) is 2. The van der Waals surface area contributed by atoms with Crippen LogP contribution < -0.4 is 15.4 Å². The van der Waals surface area contributed by atoms with E-state index in [1.54, 1.807) is 61.7 Å². The van der Waals surface area contributed by atoms with Gasteiger partial charge in [-0.05, 0) is 56.5 Å². The predicted octanol–water partition coefficient (Wildman–Crippen LogP) is 5.92. The van der Waals surface area contributed by atoms with E-state index in [4.69, 9.17) is 32.9 Å². The molecule has 3 saturated heterocycles. The van der Waals surface area contributed by atoms with Gasteiger partial charge in [-0.25, -0.2) is 14.4 Å². The number of aromatic nitrogens is 3. The maximum Gasteiger partial charge on any atom is 0.248 e. The second-order valence-electron chi connectivity index (χ2n) is 14.7. The minimum atomic E-state index is -0.483. The van der Waals surface area contributed by atoms with Crippen molar-refractivity contribution in [1.29, 1.82) is 0 Å². The fourth-order valence-electron chi connectivity index (χ4n) is 8.03. The molecule has 0 bridgehead atoms. The molecule has 0 saturated carbocycles. The SMILES string of the molecule is COc1nc(-c2ccnc(-c3cccc(Nc4nccc(CNC5CCN(C(C)=O)CC5)c4F)c3Cl)c2Cl)ccc1CN1CCC2(CCN(C(=O)CO)C2)C1. The summed E-state index contributed by atoms with van der Waals surface area (Å²) in [7, 11) is 1.60. The Hall–Kier alpha value is -4.40. The lowest BCUT2D eigenvalue weighted by Crippen LogP contribution is -2.44. The fraction of sp³-hybridized carbons (Fsp3) is 0.425. The number of hydrogen-bond acceptors (Lipinski definition) is 10. The lowest BCUT2D eigenvalue weighted by Gasteiger charge is -2.31. The van der Waals surface area contributed by atoms with Gasteiger partial charge in [0.25, 0.3) is 0 Å². The van der Waals surface area contributed by atoms with E-state index in [0.717, 1.165) is 44.3 Å². The van der Waals surface area contributed by atoms with Gasteiger partial charge in [-0.2, -0.15) is 0 Å². The zero-order chi connectivity index (χ0) is 38.7. The minimum Gasteiger partial charge on any atom is -0.481 e. The number of likely N-dealkylation sites (tertiary alicyclic amines) is 3. The van der Waals surface area contributed by atoms with Crippen molar-refractivity contribution < 1.29 is 23.8 Å². The van der Waals surface area contributed by atoms with Crippen molar-refractivity contribution in [2.75, 3.05) is 58.3 Å². The van der Waals surface area contributed by atoms with Gasteiger partial charge in [0.1, 0.15) is 6.61 Å². The Morgan fingerprint density at radius 3 is 2.49 bits per heavy atom. The number of hydrogen-bond donors (Lipinski definition) is 3. The molecular formula is C40H45Cl2FN8O4. The number of benzene rings is 1. The number of anilines is 2. The number of carbonyl (C=O) groups excluding carboxylic acids is 2. The molecule has 7 rings (SSSR count). The van der Waals surface area contributed by atoms with Crippen LogP contribution in [0.25, 0.3) is 22.5 Å². The first-order valence-electron chi connectivity index (χ1n) is 18.6. The summed E-state index contributed by atoms with van der Waals surface area (Å²) in [5.41, 5.74) is 4.12. The van der Waals surface area contributed by atoms with Crippen LogP contribution in [0.5, 0.6) is 5.88 Å². The number of piperidine rings is 1. The Labute approximate surface area is 330 Å².